The second kappa shape index (κ2) is 6.27. The number of hydrogen-bond acceptors (Lipinski definition) is 3. The summed E-state index contributed by atoms with van der Waals surface area (Å²) < 4.78 is 0. The van der Waals surface area contributed by atoms with Crippen LogP contribution in [-0.2, 0) is 17.6 Å². The Morgan fingerprint density at radius 1 is 1.00 bits per heavy atom. The molecule has 3 rings (SSSR count). The first-order chi connectivity index (χ1) is 10.3. The summed E-state index contributed by atoms with van der Waals surface area (Å²) in [5, 5.41) is 1.10. The van der Waals surface area contributed by atoms with Crippen LogP contribution in [0.4, 0.5) is 0 Å². The maximum Gasteiger partial charge on any atom is 0.139 e. The molecule has 0 fully saturated rings. The molecule has 2 heterocycles. The molecule has 104 valence electrons. The standard InChI is InChI=1S/C18H16N2O/c21-17(10-7-14-4-3-11-19-13-14)12-16-9-8-15-5-1-2-6-18(15)20-16/h1-6,8-9,11,13H,7,10,12H2. The van der Waals surface area contributed by atoms with E-state index in [1.165, 1.54) is 0 Å². The van der Waals surface area contributed by atoms with E-state index in [1.54, 1.807) is 6.20 Å². The van der Waals surface area contributed by atoms with Crippen molar-refractivity contribution < 1.29 is 4.79 Å². The van der Waals surface area contributed by atoms with Crippen LogP contribution >= 0.6 is 0 Å². The van der Waals surface area contributed by atoms with Crippen LogP contribution in [0.5, 0.6) is 0 Å². The fourth-order valence-electron chi connectivity index (χ4n) is 2.33. The SMILES string of the molecule is O=C(CCc1cccnc1)Cc1ccc2ccccc2n1. The summed E-state index contributed by atoms with van der Waals surface area (Å²) in [6.45, 7) is 0. The predicted molar refractivity (Wildman–Crippen MR) is 83.0 cm³/mol. The molecular formula is C18H16N2O. The lowest BCUT2D eigenvalue weighted by atomic mass is 10.1. The van der Waals surface area contributed by atoms with Gasteiger partial charge in [0.05, 0.1) is 5.52 Å². The Balaban J connectivity index is 1.63. The van der Waals surface area contributed by atoms with Gasteiger partial charge in [0.2, 0.25) is 0 Å². The molecule has 0 bridgehead atoms. The van der Waals surface area contributed by atoms with Crippen LogP contribution in [-0.4, -0.2) is 15.8 Å². The predicted octanol–water partition coefficient (Wildman–Crippen LogP) is 3.37. The Morgan fingerprint density at radius 3 is 2.76 bits per heavy atom. The number of hydrogen-bond donors (Lipinski definition) is 0. The Labute approximate surface area is 123 Å². The molecule has 0 radical (unpaired) electrons. The van der Waals surface area contributed by atoms with Gasteiger partial charge in [0.15, 0.2) is 0 Å². The molecule has 0 amide bonds. The molecule has 0 atom stereocenters. The van der Waals surface area contributed by atoms with Crippen molar-refractivity contribution >= 4 is 16.7 Å². The first-order valence-corrected chi connectivity index (χ1v) is 7.06. The van der Waals surface area contributed by atoms with Crippen molar-refractivity contribution in [3.63, 3.8) is 0 Å². The molecule has 0 saturated heterocycles. The van der Waals surface area contributed by atoms with Crippen LogP contribution in [0.1, 0.15) is 17.7 Å². The Morgan fingerprint density at radius 2 is 1.90 bits per heavy atom. The van der Waals surface area contributed by atoms with Crippen molar-refractivity contribution in [2.24, 2.45) is 0 Å². The van der Waals surface area contributed by atoms with Crippen molar-refractivity contribution in [1.29, 1.82) is 0 Å². The first kappa shape index (κ1) is 13.4. The summed E-state index contributed by atoms with van der Waals surface area (Å²) in [6, 6.07) is 15.8. The van der Waals surface area contributed by atoms with Crippen LogP contribution in [0.3, 0.4) is 0 Å². The minimum Gasteiger partial charge on any atom is -0.299 e. The number of para-hydroxylation sites is 1. The lowest BCUT2D eigenvalue weighted by Gasteiger charge is -2.03. The van der Waals surface area contributed by atoms with Gasteiger partial charge in [0.25, 0.3) is 0 Å². The number of Topliss-reactive ketones (excluding diaryl/α,β-unsaturated/α-hetero) is 1. The number of aromatic nitrogens is 2. The molecule has 3 nitrogen and oxygen atoms in total. The van der Waals surface area contributed by atoms with Gasteiger partial charge in [-0.05, 0) is 30.2 Å². The summed E-state index contributed by atoms with van der Waals surface area (Å²) in [6.07, 6.45) is 5.21. The zero-order chi connectivity index (χ0) is 14.5. The average Bonchev–Trinajstić information content (AvgIpc) is 2.54. The monoisotopic (exact) mass is 276 g/mol. The largest absolute Gasteiger partial charge is 0.299 e. The normalized spacial score (nSPS) is 10.7. The number of nitrogens with zero attached hydrogens (tertiary/aromatic N) is 2. The summed E-state index contributed by atoms with van der Waals surface area (Å²) in [5.41, 5.74) is 2.87. The van der Waals surface area contributed by atoms with E-state index in [0.717, 1.165) is 28.6 Å². The zero-order valence-corrected chi connectivity index (χ0v) is 11.7. The number of carbonyl (C=O) groups is 1. The second-order valence-electron chi connectivity index (χ2n) is 5.07. The van der Waals surface area contributed by atoms with E-state index >= 15 is 0 Å². The third-order valence-electron chi connectivity index (χ3n) is 3.45. The first-order valence-electron chi connectivity index (χ1n) is 7.06. The van der Waals surface area contributed by atoms with E-state index in [-0.39, 0.29) is 5.78 Å². The van der Waals surface area contributed by atoms with Crippen LogP contribution in [0, 0.1) is 0 Å². The second-order valence-corrected chi connectivity index (χ2v) is 5.07. The number of carbonyl (C=O) groups excluding carboxylic acids is 1. The maximum atomic E-state index is 12.1. The summed E-state index contributed by atoms with van der Waals surface area (Å²) in [7, 11) is 0. The minimum atomic E-state index is 0.210. The highest BCUT2D eigenvalue weighted by Crippen LogP contribution is 2.13. The van der Waals surface area contributed by atoms with Gasteiger partial charge in [-0.15, -0.1) is 0 Å². The van der Waals surface area contributed by atoms with Gasteiger partial charge in [-0.25, -0.2) is 0 Å². The van der Waals surface area contributed by atoms with E-state index in [4.69, 9.17) is 0 Å². The number of fused-ring (bicyclic) bond motifs is 1. The Kier molecular flexibility index (Phi) is 4.01. The van der Waals surface area contributed by atoms with Gasteiger partial charge in [0.1, 0.15) is 5.78 Å². The van der Waals surface area contributed by atoms with Crippen molar-refractivity contribution in [3.05, 3.63) is 72.2 Å². The summed E-state index contributed by atoms with van der Waals surface area (Å²) in [5.74, 6) is 0.210. The molecule has 0 spiro atoms. The zero-order valence-electron chi connectivity index (χ0n) is 11.7. The van der Waals surface area contributed by atoms with Gasteiger partial charge < -0.3 is 0 Å². The molecule has 1 aromatic carbocycles. The summed E-state index contributed by atoms with van der Waals surface area (Å²) >= 11 is 0. The third kappa shape index (κ3) is 3.51. The Bertz CT molecular complexity index is 753. The highest BCUT2D eigenvalue weighted by molar-refractivity contribution is 5.82. The van der Waals surface area contributed by atoms with Crippen LogP contribution in [0.25, 0.3) is 10.9 Å². The molecule has 0 aliphatic heterocycles. The number of pyridine rings is 2. The van der Waals surface area contributed by atoms with Gasteiger partial charge in [-0.1, -0.05) is 30.3 Å². The molecule has 2 aromatic heterocycles. The van der Waals surface area contributed by atoms with E-state index < -0.39 is 0 Å². The van der Waals surface area contributed by atoms with Gasteiger partial charge in [0, 0.05) is 36.3 Å². The molecule has 0 saturated carbocycles. The molecule has 0 N–H and O–H groups in total. The van der Waals surface area contributed by atoms with Gasteiger partial charge in [-0.3, -0.25) is 14.8 Å². The van der Waals surface area contributed by atoms with Crippen LogP contribution < -0.4 is 0 Å². The smallest absolute Gasteiger partial charge is 0.139 e. The molecule has 3 aromatic rings. The van der Waals surface area contributed by atoms with Crippen LogP contribution in [0.2, 0.25) is 0 Å². The number of benzene rings is 1. The number of rotatable bonds is 5. The molecule has 0 aliphatic rings. The summed E-state index contributed by atoms with van der Waals surface area (Å²) in [4.78, 5) is 20.7. The molecular weight excluding hydrogens is 260 g/mol. The number of aryl methyl sites for hydroxylation is 1. The average molecular weight is 276 g/mol. The molecule has 21 heavy (non-hydrogen) atoms. The van der Waals surface area contributed by atoms with E-state index in [2.05, 4.69) is 9.97 Å². The molecule has 3 heteroatoms. The highest BCUT2D eigenvalue weighted by Gasteiger charge is 2.06. The van der Waals surface area contributed by atoms with Crippen LogP contribution in [0.15, 0.2) is 60.9 Å². The van der Waals surface area contributed by atoms with Crippen molar-refractivity contribution in [3.8, 4) is 0 Å². The molecule has 0 unspecified atom stereocenters. The minimum absolute atomic E-state index is 0.210. The topological polar surface area (TPSA) is 42.9 Å². The van der Waals surface area contributed by atoms with E-state index in [1.807, 2.05) is 54.7 Å². The quantitative estimate of drug-likeness (QED) is 0.717. The van der Waals surface area contributed by atoms with Gasteiger partial charge in [-0.2, -0.15) is 0 Å². The Hall–Kier alpha value is -2.55. The van der Waals surface area contributed by atoms with E-state index in [0.29, 0.717) is 12.8 Å². The lowest BCUT2D eigenvalue weighted by Crippen LogP contribution is -2.06. The van der Waals surface area contributed by atoms with Crippen molar-refractivity contribution in [2.45, 2.75) is 19.3 Å². The van der Waals surface area contributed by atoms with Crippen molar-refractivity contribution in [1.82, 2.24) is 9.97 Å². The molecule has 0 aliphatic carbocycles. The fourth-order valence-corrected chi connectivity index (χ4v) is 2.33. The van der Waals surface area contributed by atoms with E-state index in [9.17, 15) is 4.79 Å². The fraction of sp³-hybridized carbons (Fsp3) is 0.167. The van der Waals surface area contributed by atoms with Gasteiger partial charge >= 0.3 is 0 Å². The number of ketones is 1. The lowest BCUT2D eigenvalue weighted by molar-refractivity contribution is -0.118. The van der Waals surface area contributed by atoms with Crippen molar-refractivity contribution in [2.75, 3.05) is 0 Å². The maximum absolute atomic E-state index is 12.1. The third-order valence-corrected chi connectivity index (χ3v) is 3.45. The highest BCUT2D eigenvalue weighted by atomic mass is 16.1.